The number of methoxy groups -OCH3 is 2. The second-order valence-electron chi connectivity index (χ2n) is 8.07. The summed E-state index contributed by atoms with van der Waals surface area (Å²) in [6.07, 6.45) is 1.84. The highest BCUT2D eigenvalue weighted by Crippen LogP contribution is 2.41. The number of hydrogen-bond donors (Lipinski definition) is 1. The Bertz CT molecular complexity index is 1070. The van der Waals surface area contributed by atoms with Crippen molar-refractivity contribution in [3.8, 4) is 5.75 Å². The number of ether oxygens (including phenoxy) is 2. The second-order valence-corrected chi connectivity index (χ2v) is 8.46. The maximum atomic E-state index is 5.83. The molecule has 1 aliphatic rings. The minimum absolute atomic E-state index is 0.0293. The number of benzene rings is 1. The highest BCUT2D eigenvalue weighted by Gasteiger charge is 2.41. The van der Waals surface area contributed by atoms with Gasteiger partial charge in [-0.1, -0.05) is 18.2 Å². The van der Waals surface area contributed by atoms with Gasteiger partial charge in [0.1, 0.15) is 5.75 Å². The van der Waals surface area contributed by atoms with Gasteiger partial charge in [0.2, 0.25) is 0 Å². The molecule has 0 saturated carbocycles. The molecule has 2 atom stereocenters. The third kappa shape index (κ3) is 4.36. The van der Waals surface area contributed by atoms with Gasteiger partial charge in [0.05, 0.1) is 31.5 Å². The topological polar surface area (TPSA) is 51.5 Å². The fourth-order valence-corrected chi connectivity index (χ4v) is 4.80. The molecule has 0 unspecified atom stereocenters. The van der Waals surface area contributed by atoms with Crippen LogP contribution in [0.3, 0.4) is 0 Å². The number of hydrogen-bond acceptors (Lipinski definition) is 4. The maximum absolute atomic E-state index is 5.83. The highest BCUT2D eigenvalue weighted by atomic mass is 32.1. The molecule has 0 aliphatic carbocycles. The van der Waals surface area contributed by atoms with E-state index in [-0.39, 0.29) is 12.1 Å². The third-order valence-electron chi connectivity index (χ3n) is 6.16. The van der Waals surface area contributed by atoms with Crippen LogP contribution in [0.5, 0.6) is 5.75 Å². The molecule has 3 heterocycles. The molecule has 168 valence electrons. The first-order chi connectivity index (χ1) is 15.5. The average Bonchev–Trinajstić information content (AvgIpc) is 3.28. The summed E-state index contributed by atoms with van der Waals surface area (Å²) < 4.78 is 13.0. The molecule has 3 aromatic rings. The van der Waals surface area contributed by atoms with Crippen LogP contribution in [0.25, 0.3) is 0 Å². The Balaban J connectivity index is 1.74. The Labute approximate surface area is 195 Å². The smallest absolute Gasteiger partial charge is 0.170 e. The summed E-state index contributed by atoms with van der Waals surface area (Å²) in [6, 6.07) is 16.5. The first-order valence-corrected chi connectivity index (χ1v) is 11.2. The summed E-state index contributed by atoms with van der Waals surface area (Å²) in [5, 5.41) is 4.29. The molecular formula is C25H30N4O2S. The van der Waals surface area contributed by atoms with E-state index < -0.39 is 0 Å². The quantitative estimate of drug-likeness (QED) is 0.516. The van der Waals surface area contributed by atoms with Gasteiger partial charge in [-0.25, -0.2) is 0 Å². The van der Waals surface area contributed by atoms with Crippen LogP contribution in [0.4, 0.5) is 0 Å². The van der Waals surface area contributed by atoms with Crippen molar-refractivity contribution >= 4 is 17.3 Å². The summed E-state index contributed by atoms with van der Waals surface area (Å²) in [5.41, 5.74) is 5.87. The van der Waals surface area contributed by atoms with Gasteiger partial charge in [-0.3, -0.25) is 4.98 Å². The molecule has 0 bridgehead atoms. The lowest BCUT2D eigenvalue weighted by atomic mass is 9.96. The number of rotatable bonds is 8. The number of aromatic nitrogens is 2. The molecule has 0 amide bonds. The van der Waals surface area contributed by atoms with Crippen molar-refractivity contribution in [2.75, 3.05) is 20.8 Å². The minimum atomic E-state index is -0.0293. The van der Waals surface area contributed by atoms with E-state index in [2.05, 4.69) is 57.9 Å². The van der Waals surface area contributed by atoms with Crippen LogP contribution in [0.1, 0.15) is 40.3 Å². The molecule has 6 nitrogen and oxygen atoms in total. The lowest BCUT2D eigenvalue weighted by Gasteiger charge is -2.28. The number of nitrogens with zero attached hydrogens (tertiary/aromatic N) is 3. The van der Waals surface area contributed by atoms with Crippen molar-refractivity contribution in [2.24, 2.45) is 0 Å². The van der Waals surface area contributed by atoms with Crippen LogP contribution in [-0.2, 0) is 17.8 Å². The Hall–Kier alpha value is -2.90. The van der Waals surface area contributed by atoms with Crippen molar-refractivity contribution < 1.29 is 9.47 Å². The SMILES string of the molecule is COCCn1c(C)cc([C@@H]2[C@@H](c3ccccn3)NC(=S)N2Cc2ccc(OC)cc2)c1C. The van der Waals surface area contributed by atoms with Crippen molar-refractivity contribution in [1.29, 1.82) is 0 Å². The van der Waals surface area contributed by atoms with Crippen molar-refractivity contribution in [2.45, 2.75) is 39.0 Å². The van der Waals surface area contributed by atoms with E-state index in [9.17, 15) is 0 Å². The lowest BCUT2D eigenvalue weighted by Crippen LogP contribution is -2.29. The predicted molar refractivity (Wildman–Crippen MR) is 130 cm³/mol. The minimum Gasteiger partial charge on any atom is -0.497 e. The summed E-state index contributed by atoms with van der Waals surface area (Å²) in [4.78, 5) is 6.93. The second kappa shape index (κ2) is 9.71. The Kier molecular flexibility index (Phi) is 6.77. The van der Waals surface area contributed by atoms with Crippen molar-refractivity contribution in [3.63, 3.8) is 0 Å². The first-order valence-electron chi connectivity index (χ1n) is 10.8. The summed E-state index contributed by atoms with van der Waals surface area (Å²) in [7, 11) is 3.42. The zero-order valence-electron chi connectivity index (χ0n) is 19.0. The van der Waals surface area contributed by atoms with Crippen molar-refractivity contribution in [1.82, 2.24) is 19.8 Å². The molecule has 1 aliphatic heterocycles. The Morgan fingerprint density at radius 2 is 1.88 bits per heavy atom. The zero-order valence-corrected chi connectivity index (χ0v) is 19.9. The van der Waals surface area contributed by atoms with Crippen LogP contribution < -0.4 is 10.1 Å². The fraction of sp³-hybridized carbons (Fsp3) is 0.360. The van der Waals surface area contributed by atoms with E-state index in [1.54, 1.807) is 14.2 Å². The molecular weight excluding hydrogens is 420 g/mol. The van der Waals surface area contributed by atoms with Gasteiger partial charge in [0, 0.05) is 37.8 Å². The van der Waals surface area contributed by atoms with E-state index in [0.717, 1.165) is 23.1 Å². The average molecular weight is 451 g/mol. The molecule has 1 N–H and O–H groups in total. The van der Waals surface area contributed by atoms with Gasteiger partial charge in [-0.15, -0.1) is 0 Å². The largest absolute Gasteiger partial charge is 0.497 e. The van der Waals surface area contributed by atoms with Gasteiger partial charge >= 0.3 is 0 Å². The van der Waals surface area contributed by atoms with Crippen LogP contribution in [-0.4, -0.2) is 40.4 Å². The van der Waals surface area contributed by atoms with Crippen LogP contribution in [0.2, 0.25) is 0 Å². The van der Waals surface area contributed by atoms with Crippen LogP contribution in [0, 0.1) is 13.8 Å². The Morgan fingerprint density at radius 1 is 1.09 bits per heavy atom. The van der Waals surface area contributed by atoms with E-state index in [1.807, 2.05) is 30.5 Å². The number of pyridine rings is 1. The van der Waals surface area contributed by atoms with Gasteiger partial charge in [-0.05, 0) is 67.5 Å². The Morgan fingerprint density at radius 3 is 2.53 bits per heavy atom. The summed E-state index contributed by atoms with van der Waals surface area (Å²) >= 11 is 5.83. The molecule has 32 heavy (non-hydrogen) atoms. The van der Waals surface area contributed by atoms with E-state index >= 15 is 0 Å². The van der Waals surface area contributed by atoms with Crippen LogP contribution in [0.15, 0.2) is 54.7 Å². The summed E-state index contributed by atoms with van der Waals surface area (Å²) in [6.45, 7) is 6.53. The van der Waals surface area contributed by atoms with E-state index in [1.165, 1.54) is 22.5 Å². The predicted octanol–water partition coefficient (Wildman–Crippen LogP) is 4.33. The van der Waals surface area contributed by atoms with Gasteiger partial charge < -0.3 is 24.3 Å². The normalized spacial score (nSPS) is 18.1. The van der Waals surface area contributed by atoms with Crippen LogP contribution >= 0.6 is 12.2 Å². The molecule has 1 fully saturated rings. The highest BCUT2D eigenvalue weighted by molar-refractivity contribution is 7.80. The lowest BCUT2D eigenvalue weighted by molar-refractivity contribution is 0.186. The molecule has 0 spiro atoms. The number of thiocarbonyl (C=S) groups is 1. The first kappa shape index (κ1) is 22.3. The van der Waals surface area contributed by atoms with Gasteiger partial charge in [-0.2, -0.15) is 0 Å². The van der Waals surface area contributed by atoms with Crippen molar-refractivity contribution in [3.05, 3.63) is 82.9 Å². The fourth-order valence-electron chi connectivity index (χ4n) is 4.50. The molecule has 4 rings (SSSR count). The van der Waals surface area contributed by atoms with E-state index in [0.29, 0.717) is 13.2 Å². The zero-order chi connectivity index (χ0) is 22.7. The third-order valence-corrected chi connectivity index (χ3v) is 6.51. The molecule has 2 aromatic heterocycles. The molecule has 1 saturated heterocycles. The maximum Gasteiger partial charge on any atom is 0.170 e. The number of nitrogens with one attached hydrogen (secondary N) is 1. The number of aryl methyl sites for hydroxylation is 1. The van der Waals surface area contributed by atoms with E-state index in [4.69, 9.17) is 21.7 Å². The van der Waals surface area contributed by atoms with Gasteiger partial charge in [0.15, 0.2) is 5.11 Å². The molecule has 1 aromatic carbocycles. The standard InChI is InChI=1S/C25H30N4O2S/c1-17-15-21(18(2)28(17)13-14-30-3)24-23(22-7-5-6-12-26-22)27-25(32)29(24)16-19-8-10-20(31-4)11-9-19/h5-12,15,23-24H,13-14,16H2,1-4H3,(H,27,32)/t23-,24-/m1/s1. The molecule has 0 radical (unpaired) electrons. The monoisotopic (exact) mass is 450 g/mol. The summed E-state index contributed by atoms with van der Waals surface area (Å²) in [5.74, 6) is 0.848. The van der Waals surface area contributed by atoms with Gasteiger partial charge in [0.25, 0.3) is 0 Å². The molecule has 7 heteroatoms.